The van der Waals surface area contributed by atoms with E-state index in [4.69, 9.17) is 14.3 Å². The molecule has 2 N–H and O–H groups in total. The fraction of sp³-hybridized carbons (Fsp3) is 0.773. The van der Waals surface area contributed by atoms with Crippen molar-refractivity contribution < 1.29 is 38.3 Å². The molecule has 13 nitrogen and oxygen atoms in total. The number of hydrogen-bond acceptors (Lipinski definition) is 8. The number of hydrazine groups is 1. The van der Waals surface area contributed by atoms with Crippen molar-refractivity contribution in [2.45, 2.75) is 71.1 Å². The number of ether oxygens (including phenoxy) is 2. The predicted molar refractivity (Wildman–Crippen MR) is 120 cm³/mol. The van der Waals surface area contributed by atoms with Crippen molar-refractivity contribution in [3.05, 3.63) is 0 Å². The number of piperidine rings is 2. The van der Waals surface area contributed by atoms with Crippen LogP contribution in [0.2, 0.25) is 0 Å². The summed E-state index contributed by atoms with van der Waals surface area (Å²) in [5.41, 5.74) is 4.22. The van der Waals surface area contributed by atoms with E-state index >= 15 is 0 Å². The Balaban J connectivity index is 1.48. The van der Waals surface area contributed by atoms with Crippen LogP contribution in [0.3, 0.4) is 0 Å². The van der Waals surface area contributed by atoms with Crippen molar-refractivity contribution >= 4 is 29.9 Å². The second-order valence-electron chi connectivity index (χ2n) is 9.83. The third kappa shape index (κ3) is 6.74. The minimum atomic E-state index is -0.778. The molecule has 3 saturated heterocycles. The quantitative estimate of drug-likeness (QED) is 0.399. The lowest BCUT2D eigenvalue weighted by atomic mass is 9.97. The molecule has 196 valence electrons. The number of fused-ring (bicyclic) bond motifs is 2. The van der Waals surface area contributed by atoms with Crippen molar-refractivity contribution in [2.24, 2.45) is 5.92 Å². The molecular weight excluding hydrogens is 462 g/mol. The minimum absolute atomic E-state index is 0.194. The third-order valence-corrected chi connectivity index (χ3v) is 6.01. The summed E-state index contributed by atoms with van der Waals surface area (Å²) in [6, 6.07) is -1.56. The molecule has 0 aromatic heterocycles. The molecule has 3 heterocycles. The number of esters is 1. The first-order chi connectivity index (χ1) is 16.5. The Labute approximate surface area is 204 Å². The summed E-state index contributed by atoms with van der Waals surface area (Å²) in [5.74, 6) is -2.00. The molecule has 0 aromatic rings. The van der Waals surface area contributed by atoms with Gasteiger partial charge in [0.25, 0.3) is 5.91 Å². The molecule has 3 fully saturated rings. The molecule has 2 bridgehead atoms. The highest BCUT2D eigenvalue weighted by Crippen LogP contribution is 2.30. The highest BCUT2D eigenvalue weighted by atomic mass is 16.7. The summed E-state index contributed by atoms with van der Waals surface area (Å²) in [5, 5.41) is 1.12. The SMILES string of the molecule is CCOC(=O)CON1C(=O)N2C[C@@H]1CCC2C(=O)NNC(=O)C1CCCN(C(=O)OC(C)(C)C)C1. The summed E-state index contributed by atoms with van der Waals surface area (Å²) in [7, 11) is 0. The van der Waals surface area contributed by atoms with E-state index in [1.165, 1.54) is 9.80 Å². The number of hydroxylamine groups is 2. The van der Waals surface area contributed by atoms with Gasteiger partial charge in [-0.1, -0.05) is 0 Å². The van der Waals surface area contributed by atoms with Crippen LogP contribution in [-0.2, 0) is 28.7 Å². The molecule has 0 aromatic carbocycles. The van der Waals surface area contributed by atoms with Crippen molar-refractivity contribution in [2.75, 3.05) is 32.8 Å². The summed E-state index contributed by atoms with van der Waals surface area (Å²) >= 11 is 0. The lowest BCUT2D eigenvalue weighted by molar-refractivity contribution is -0.172. The van der Waals surface area contributed by atoms with Crippen molar-refractivity contribution in [1.82, 2.24) is 25.7 Å². The molecule has 2 unspecified atom stereocenters. The smallest absolute Gasteiger partial charge is 0.410 e. The molecular formula is C22H35N5O8. The van der Waals surface area contributed by atoms with E-state index in [9.17, 15) is 24.0 Å². The van der Waals surface area contributed by atoms with Gasteiger partial charge in [0.1, 0.15) is 11.6 Å². The van der Waals surface area contributed by atoms with Crippen LogP contribution >= 0.6 is 0 Å². The first-order valence-electron chi connectivity index (χ1n) is 12.0. The largest absolute Gasteiger partial charge is 0.464 e. The maximum Gasteiger partial charge on any atom is 0.410 e. The van der Waals surface area contributed by atoms with E-state index in [1.807, 2.05) is 0 Å². The second-order valence-corrected chi connectivity index (χ2v) is 9.83. The van der Waals surface area contributed by atoms with Crippen molar-refractivity contribution in [3.63, 3.8) is 0 Å². The number of amides is 5. The van der Waals surface area contributed by atoms with E-state index in [-0.39, 0.29) is 25.7 Å². The van der Waals surface area contributed by atoms with Crippen LogP contribution in [0.1, 0.15) is 53.4 Å². The Morgan fingerprint density at radius 1 is 1.03 bits per heavy atom. The van der Waals surface area contributed by atoms with Crippen LogP contribution in [0.25, 0.3) is 0 Å². The maximum atomic E-state index is 12.8. The Morgan fingerprint density at radius 3 is 2.43 bits per heavy atom. The predicted octanol–water partition coefficient (Wildman–Crippen LogP) is 0.544. The molecule has 0 aliphatic carbocycles. The number of nitrogens with zero attached hydrogens (tertiary/aromatic N) is 3. The van der Waals surface area contributed by atoms with Crippen LogP contribution in [0, 0.1) is 5.92 Å². The second kappa shape index (κ2) is 11.1. The van der Waals surface area contributed by atoms with E-state index < -0.39 is 54.1 Å². The van der Waals surface area contributed by atoms with Gasteiger partial charge in [0.2, 0.25) is 5.91 Å². The Bertz CT molecular complexity index is 844. The molecule has 35 heavy (non-hydrogen) atoms. The number of hydrogen-bond donors (Lipinski definition) is 2. The summed E-state index contributed by atoms with van der Waals surface area (Å²) in [6.45, 7) is 7.79. The van der Waals surface area contributed by atoms with Crippen molar-refractivity contribution in [1.29, 1.82) is 0 Å². The normalized spacial score (nSPS) is 24.2. The lowest BCUT2D eigenvalue weighted by Gasteiger charge is -2.33. The zero-order chi connectivity index (χ0) is 25.8. The van der Waals surface area contributed by atoms with Gasteiger partial charge in [-0.3, -0.25) is 25.3 Å². The first kappa shape index (κ1) is 26.5. The fourth-order valence-corrected chi connectivity index (χ4v) is 4.39. The van der Waals surface area contributed by atoms with Crippen LogP contribution in [0.15, 0.2) is 0 Å². The van der Waals surface area contributed by atoms with E-state index in [1.54, 1.807) is 27.7 Å². The number of rotatable bonds is 6. The summed E-state index contributed by atoms with van der Waals surface area (Å²) < 4.78 is 10.2. The Hall–Kier alpha value is -3.09. The lowest BCUT2D eigenvalue weighted by Crippen LogP contribution is -2.56. The number of likely N-dealkylation sites (tertiary alicyclic amines) is 1. The molecule has 0 radical (unpaired) electrons. The van der Waals surface area contributed by atoms with E-state index in [0.717, 1.165) is 5.06 Å². The van der Waals surface area contributed by atoms with Gasteiger partial charge in [-0.05, 0) is 53.4 Å². The van der Waals surface area contributed by atoms with Gasteiger partial charge >= 0.3 is 18.1 Å². The highest BCUT2D eigenvalue weighted by Gasteiger charge is 2.48. The Kier molecular flexibility index (Phi) is 8.41. The molecule has 0 saturated carbocycles. The van der Waals surface area contributed by atoms with Gasteiger partial charge in [-0.15, -0.1) is 0 Å². The average molecular weight is 498 g/mol. The summed E-state index contributed by atoms with van der Waals surface area (Å²) in [4.78, 5) is 70.2. The van der Waals surface area contributed by atoms with Crippen molar-refractivity contribution in [3.8, 4) is 0 Å². The Morgan fingerprint density at radius 2 is 1.74 bits per heavy atom. The monoisotopic (exact) mass is 497 g/mol. The molecule has 3 rings (SSSR count). The maximum absolute atomic E-state index is 12.8. The summed E-state index contributed by atoms with van der Waals surface area (Å²) in [6.07, 6.45) is 1.62. The van der Waals surface area contributed by atoms with Gasteiger partial charge in [0.05, 0.1) is 18.6 Å². The third-order valence-electron chi connectivity index (χ3n) is 6.01. The van der Waals surface area contributed by atoms with E-state index in [0.29, 0.717) is 32.2 Å². The molecule has 3 aliphatic heterocycles. The fourth-order valence-electron chi connectivity index (χ4n) is 4.39. The van der Waals surface area contributed by atoms with E-state index in [2.05, 4.69) is 10.9 Å². The van der Waals surface area contributed by atoms with Gasteiger partial charge in [-0.25, -0.2) is 14.4 Å². The van der Waals surface area contributed by atoms with Gasteiger partial charge in [-0.2, -0.15) is 5.06 Å². The molecule has 5 amide bonds. The topological polar surface area (TPSA) is 147 Å². The average Bonchev–Trinajstić information content (AvgIpc) is 3.04. The van der Waals surface area contributed by atoms with Gasteiger partial charge in [0, 0.05) is 19.6 Å². The van der Waals surface area contributed by atoms with Crippen LogP contribution in [-0.4, -0.2) is 95.3 Å². The van der Waals surface area contributed by atoms with Crippen LogP contribution < -0.4 is 10.9 Å². The number of urea groups is 1. The van der Waals surface area contributed by atoms with Crippen LogP contribution in [0.5, 0.6) is 0 Å². The standard InChI is InChI=1S/C22H35N5O8/c1-5-33-17(28)13-34-27-15-8-9-16(26(12-15)20(27)31)19(30)24-23-18(29)14-7-6-10-25(11-14)21(32)35-22(2,3)4/h14-16H,5-13H2,1-4H3,(H,23,29)(H,24,30)/t14?,15-,16?/m0/s1. The minimum Gasteiger partial charge on any atom is -0.464 e. The number of carbonyl (C=O) groups excluding carboxylic acids is 5. The molecule has 13 heteroatoms. The first-order valence-corrected chi connectivity index (χ1v) is 12.0. The number of nitrogens with one attached hydrogen (secondary N) is 2. The van der Waals surface area contributed by atoms with Gasteiger partial charge < -0.3 is 19.3 Å². The molecule has 3 aliphatic rings. The van der Waals surface area contributed by atoms with Crippen LogP contribution in [0.4, 0.5) is 9.59 Å². The molecule has 0 spiro atoms. The zero-order valence-corrected chi connectivity index (χ0v) is 20.7. The molecule has 3 atom stereocenters. The zero-order valence-electron chi connectivity index (χ0n) is 20.7. The highest BCUT2D eigenvalue weighted by molar-refractivity contribution is 5.90. The number of carbonyl (C=O) groups is 5. The van der Waals surface area contributed by atoms with Gasteiger partial charge in [0.15, 0.2) is 6.61 Å².